The van der Waals surface area contributed by atoms with E-state index in [9.17, 15) is 8.78 Å². The Hall–Kier alpha value is -2.57. The molecule has 2 N–H and O–H groups in total. The molecule has 2 heterocycles. The Kier molecular flexibility index (Phi) is 2.59. The van der Waals surface area contributed by atoms with Gasteiger partial charge in [0.05, 0.1) is 19.2 Å². The van der Waals surface area contributed by atoms with E-state index in [4.69, 9.17) is 5.41 Å². The van der Waals surface area contributed by atoms with Crippen molar-refractivity contribution in [2.24, 2.45) is 0 Å². The van der Waals surface area contributed by atoms with Crippen molar-refractivity contribution in [3.63, 3.8) is 0 Å². The Morgan fingerprint density at radius 1 is 1.21 bits per heavy atom. The highest BCUT2D eigenvalue weighted by atomic mass is 19.1. The summed E-state index contributed by atoms with van der Waals surface area (Å²) >= 11 is 0. The summed E-state index contributed by atoms with van der Waals surface area (Å²) in [4.78, 5) is 10.7. The van der Waals surface area contributed by atoms with Gasteiger partial charge in [-0.2, -0.15) is 0 Å². The minimum atomic E-state index is -0.619. The van der Waals surface area contributed by atoms with E-state index in [-0.39, 0.29) is 17.6 Å². The van der Waals surface area contributed by atoms with Crippen molar-refractivity contribution in [1.82, 2.24) is 19.5 Å². The topological polar surface area (TPSA) is 70.3 Å². The molecule has 0 aliphatic carbocycles. The normalized spacial score (nSPS) is 11.1. The molecule has 0 fully saturated rings. The number of rotatable bonds is 2. The van der Waals surface area contributed by atoms with Gasteiger partial charge in [0.25, 0.3) is 0 Å². The lowest BCUT2D eigenvalue weighted by molar-refractivity contribution is 0.545. The first-order valence-corrected chi connectivity index (χ1v) is 5.53. The highest BCUT2D eigenvalue weighted by Gasteiger charge is 2.11. The van der Waals surface area contributed by atoms with Crippen LogP contribution in [0.5, 0.6) is 0 Å². The third kappa shape index (κ3) is 1.88. The molecule has 0 saturated carbocycles. The number of fused-ring (bicyclic) bond motifs is 1. The van der Waals surface area contributed by atoms with E-state index in [0.29, 0.717) is 11.2 Å². The van der Waals surface area contributed by atoms with Crippen LogP contribution in [0.4, 0.5) is 8.78 Å². The molecule has 0 atom stereocenters. The summed E-state index contributed by atoms with van der Waals surface area (Å²) in [7, 11) is 0. The smallest absolute Gasteiger partial charge is 0.173 e. The Balaban J connectivity index is 2.14. The summed E-state index contributed by atoms with van der Waals surface area (Å²) in [6.07, 6.45) is 2.76. The fourth-order valence-electron chi connectivity index (χ4n) is 1.90. The highest BCUT2D eigenvalue weighted by Crippen LogP contribution is 2.15. The number of hydrogen-bond acceptors (Lipinski definition) is 3. The summed E-state index contributed by atoms with van der Waals surface area (Å²) < 4.78 is 28.7. The van der Waals surface area contributed by atoms with E-state index in [1.165, 1.54) is 35.4 Å². The zero-order chi connectivity index (χ0) is 13.4. The maximum absolute atomic E-state index is 13.6. The van der Waals surface area contributed by atoms with Crippen LogP contribution in [0.1, 0.15) is 5.56 Å². The van der Waals surface area contributed by atoms with Crippen LogP contribution >= 0.6 is 0 Å². The molecule has 5 nitrogen and oxygen atoms in total. The second-order valence-corrected chi connectivity index (χ2v) is 4.02. The minimum Gasteiger partial charge on any atom is -0.340 e. The van der Waals surface area contributed by atoms with Gasteiger partial charge in [-0.25, -0.2) is 18.7 Å². The van der Waals surface area contributed by atoms with Gasteiger partial charge in [-0.1, -0.05) is 6.07 Å². The predicted octanol–water partition coefficient (Wildman–Crippen LogP) is 1.57. The standard InChI is InChI=1S/C12H9F2N5/c13-8-2-1-3-9(14)7(8)4-19-6-18-11(15)10-12(19)17-5-16-10/h1-3,5-6,15H,4H2,(H,16,17). The predicted molar refractivity (Wildman–Crippen MR) is 63.2 cm³/mol. The largest absolute Gasteiger partial charge is 0.340 e. The molecular weight excluding hydrogens is 252 g/mol. The molecule has 2 aromatic heterocycles. The first-order chi connectivity index (χ1) is 9.16. The molecule has 0 radical (unpaired) electrons. The lowest BCUT2D eigenvalue weighted by Crippen LogP contribution is -2.14. The molecule has 19 heavy (non-hydrogen) atoms. The molecule has 3 rings (SSSR count). The van der Waals surface area contributed by atoms with Gasteiger partial charge in [0.15, 0.2) is 11.1 Å². The van der Waals surface area contributed by atoms with Gasteiger partial charge in [-0.05, 0) is 12.1 Å². The Bertz CT molecular complexity index is 785. The monoisotopic (exact) mass is 261 g/mol. The highest BCUT2D eigenvalue weighted by molar-refractivity contribution is 5.68. The Morgan fingerprint density at radius 3 is 2.68 bits per heavy atom. The third-order valence-corrected chi connectivity index (χ3v) is 2.84. The first kappa shape index (κ1) is 11.5. The quantitative estimate of drug-likeness (QED) is 0.735. The number of nitrogens with one attached hydrogen (secondary N) is 2. The molecule has 0 bridgehead atoms. The number of H-pyrrole nitrogens is 1. The molecule has 0 unspecified atom stereocenters. The zero-order valence-electron chi connectivity index (χ0n) is 9.69. The molecule has 0 aliphatic rings. The van der Waals surface area contributed by atoms with Gasteiger partial charge in [0.2, 0.25) is 0 Å². The summed E-state index contributed by atoms with van der Waals surface area (Å²) in [6, 6.07) is 3.72. The average molecular weight is 261 g/mol. The van der Waals surface area contributed by atoms with Crippen LogP contribution in [0.25, 0.3) is 11.2 Å². The summed E-state index contributed by atoms with van der Waals surface area (Å²) in [5.74, 6) is -1.24. The van der Waals surface area contributed by atoms with Crippen LogP contribution in [0.2, 0.25) is 0 Å². The zero-order valence-corrected chi connectivity index (χ0v) is 9.69. The van der Waals surface area contributed by atoms with Crippen molar-refractivity contribution >= 4 is 11.2 Å². The minimum absolute atomic E-state index is 0.0346. The SMILES string of the molecule is N=c1ncn(Cc2c(F)cccc2F)c2nc[nH]c12. The van der Waals surface area contributed by atoms with Gasteiger partial charge in [0, 0.05) is 5.56 Å². The lowest BCUT2D eigenvalue weighted by Gasteiger charge is -2.08. The van der Waals surface area contributed by atoms with E-state index in [1.54, 1.807) is 0 Å². The molecule has 0 saturated heterocycles. The summed E-state index contributed by atoms with van der Waals surface area (Å²) in [5.41, 5.74) is 0.844. The second-order valence-electron chi connectivity index (χ2n) is 4.02. The molecule has 0 aliphatic heterocycles. The maximum atomic E-state index is 13.6. The number of hydrogen-bond donors (Lipinski definition) is 2. The fourth-order valence-corrected chi connectivity index (χ4v) is 1.90. The van der Waals surface area contributed by atoms with Gasteiger partial charge < -0.3 is 9.55 Å². The van der Waals surface area contributed by atoms with Crippen molar-refractivity contribution in [1.29, 1.82) is 5.41 Å². The van der Waals surface area contributed by atoms with Crippen LogP contribution in [-0.4, -0.2) is 19.5 Å². The van der Waals surface area contributed by atoms with Crippen LogP contribution < -0.4 is 5.49 Å². The fraction of sp³-hybridized carbons (Fsp3) is 0.0833. The van der Waals surface area contributed by atoms with Crippen molar-refractivity contribution in [2.75, 3.05) is 0 Å². The maximum Gasteiger partial charge on any atom is 0.173 e. The van der Waals surface area contributed by atoms with Gasteiger partial charge in [0.1, 0.15) is 17.2 Å². The molecule has 96 valence electrons. The van der Waals surface area contributed by atoms with Crippen molar-refractivity contribution in [2.45, 2.75) is 6.54 Å². The third-order valence-electron chi connectivity index (χ3n) is 2.84. The molecule has 3 aromatic rings. The molecular formula is C12H9F2N5. The molecule has 0 spiro atoms. The van der Waals surface area contributed by atoms with Gasteiger partial charge >= 0.3 is 0 Å². The second kappa shape index (κ2) is 4.27. The van der Waals surface area contributed by atoms with Crippen LogP contribution in [0.3, 0.4) is 0 Å². The van der Waals surface area contributed by atoms with Crippen molar-refractivity contribution in [3.05, 3.63) is 53.5 Å². The number of aromatic amines is 1. The first-order valence-electron chi connectivity index (χ1n) is 5.53. The van der Waals surface area contributed by atoms with Gasteiger partial charge in [-0.3, -0.25) is 5.41 Å². The summed E-state index contributed by atoms with van der Waals surface area (Å²) in [5, 5.41) is 7.60. The van der Waals surface area contributed by atoms with E-state index >= 15 is 0 Å². The number of benzene rings is 1. The van der Waals surface area contributed by atoms with Gasteiger partial charge in [-0.15, -0.1) is 0 Å². The average Bonchev–Trinajstić information content (AvgIpc) is 2.87. The van der Waals surface area contributed by atoms with Crippen molar-refractivity contribution in [3.8, 4) is 0 Å². The van der Waals surface area contributed by atoms with E-state index in [2.05, 4.69) is 15.0 Å². The molecule has 0 amide bonds. The van der Waals surface area contributed by atoms with Crippen LogP contribution in [-0.2, 0) is 6.54 Å². The van der Waals surface area contributed by atoms with Crippen LogP contribution in [0.15, 0.2) is 30.9 Å². The molecule has 1 aromatic carbocycles. The lowest BCUT2D eigenvalue weighted by atomic mass is 10.2. The molecule has 7 heteroatoms. The number of halogens is 2. The van der Waals surface area contributed by atoms with Crippen LogP contribution in [0, 0.1) is 17.0 Å². The van der Waals surface area contributed by atoms with E-state index in [0.717, 1.165) is 0 Å². The number of aromatic nitrogens is 4. The van der Waals surface area contributed by atoms with Crippen molar-refractivity contribution < 1.29 is 8.78 Å². The van der Waals surface area contributed by atoms with E-state index in [1.807, 2.05) is 0 Å². The summed E-state index contributed by atoms with van der Waals surface area (Å²) in [6.45, 7) is -0.0346. The van der Waals surface area contributed by atoms with E-state index < -0.39 is 11.6 Å². The number of nitrogens with zero attached hydrogens (tertiary/aromatic N) is 3. The Morgan fingerprint density at radius 2 is 1.95 bits per heavy atom. The number of imidazole rings is 1. The Labute approximate surface area is 106 Å².